The highest BCUT2D eigenvalue weighted by Crippen LogP contribution is 2.52. The summed E-state index contributed by atoms with van der Waals surface area (Å²) < 4.78 is 29.6. The van der Waals surface area contributed by atoms with Crippen molar-refractivity contribution in [2.45, 2.75) is 62.3 Å². The largest absolute Gasteiger partial charge is 0.654 e. The first-order chi connectivity index (χ1) is 17.6. The van der Waals surface area contributed by atoms with Crippen LogP contribution in [0, 0.1) is 62.3 Å². The molecule has 0 saturated carbocycles. The van der Waals surface area contributed by atoms with Gasteiger partial charge in [-0.25, -0.2) is 14.4 Å². The van der Waals surface area contributed by atoms with Crippen LogP contribution in [0.2, 0.25) is 0 Å². The molecule has 8 heteroatoms. The molecule has 7 nitrogen and oxygen atoms in total. The fraction of sp³-hybridized carbons (Fsp3) is 0.300. The molecule has 0 spiro atoms. The summed E-state index contributed by atoms with van der Waals surface area (Å²) in [5, 5.41) is 0. The average molecular weight is 537 g/mol. The summed E-state index contributed by atoms with van der Waals surface area (Å²) in [6.45, 7) is 15.9. The molecule has 0 unspecified atom stereocenters. The minimum absolute atomic E-state index is 0.147. The molecule has 0 heterocycles. The molecule has 0 aliphatic rings. The minimum atomic E-state index is -5.09. The average Bonchev–Trinajstić information content (AvgIpc) is 2.70. The lowest BCUT2D eigenvalue weighted by Gasteiger charge is -2.20. The van der Waals surface area contributed by atoms with Crippen LogP contribution < -0.4 is 0 Å². The monoisotopic (exact) mass is 536 g/mol. The van der Waals surface area contributed by atoms with Gasteiger partial charge in [0.2, 0.25) is 0 Å². The Bertz CT molecular complexity index is 1270. The van der Waals surface area contributed by atoms with Crippen LogP contribution in [0.1, 0.15) is 81.1 Å². The first-order valence-electron chi connectivity index (χ1n) is 12.2. The molecule has 0 aliphatic heterocycles. The molecule has 3 aromatic rings. The molecule has 38 heavy (non-hydrogen) atoms. The quantitative estimate of drug-likeness (QED) is 0.302. The lowest BCUT2D eigenvalue weighted by atomic mass is 10.0. The van der Waals surface area contributed by atoms with Crippen LogP contribution in [0.5, 0.6) is 0 Å². The molecular formula is C30H33O7P. The van der Waals surface area contributed by atoms with Crippen molar-refractivity contribution in [1.29, 1.82) is 0 Å². The normalized spacial score (nSPS) is 11.2. The predicted octanol–water partition coefficient (Wildman–Crippen LogP) is 7.44. The van der Waals surface area contributed by atoms with Gasteiger partial charge >= 0.3 is 25.7 Å². The number of carbonyl (C=O) groups is 3. The van der Waals surface area contributed by atoms with Crippen LogP contribution in [0.25, 0.3) is 0 Å². The molecule has 200 valence electrons. The van der Waals surface area contributed by atoms with Crippen molar-refractivity contribution in [2.24, 2.45) is 0 Å². The third kappa shape index (κ3) is 6.22. The molecule has 0 radical (unpaired) electrons. The molecule has 0 atom stereocenters. The maximum Gasteiger partial charge on any atom is 0.654 e. The van der Waals surface area contributed by atoms with E-state index in [1.165, 1.54) is 0 Å². The summed E-state index contributed by atoms with van der Waals surface area (Å²) in [6.07, 6.45) is 0. The van der Waals surface area contributed by atoms with Gasteiger partial charge in [-0.3, -0.25) is 0 Å². The summed E-state index contributed by atoms with van der Waals surface area (Å²) in [5.74, 6) is -3.09. The fourth-order valence-corrected chi connectivity index (χ4v) is 6.00. The molecule has 0 bridgehead atoms. The lowest BCUT2D eigenvalue weighted by Crippen LogP contribution is -2.18. The van der Waals surface area contributed by atoms with E-state index in [0.29, 0.717) is 33.4 Å². The summed E-state index contributed by atoms with van der Waals surface area (Å²) in [5.41, 5.74) is 6.67. The second kappa shape index (κ2) is 11.0. The molecule has 0 fully saturated rings. The van der Waals surface area contributed by atoms with Gasteiger partial charge in [0.1, 0.15) is 0 Å². The lowest BCUT2D eigenvalue weighted by molar-refractivity contribution is 0.0470. The maximum atomic E-state index is 13.9. The van der Waals surface area contributed by atoms with Gasteiger partial charge in [-0.1, -0.05) is 53.1 Å². The SMILES string of the molecule is Cc1cc(C)c(C(=O)OP(=O)(OC(=O)c2c(C)cc(C)cc2C)OC(=O)c2c(C)cc(C)cc2C)c(C)c1. The van der Waals surface area contributed by atoms with Crippen molar-refractivity contribution in [2.75, 3.05) is 0 Å². The van der Waals surface area contributed by atoms with Crippen LogP contribution in [-0.4, -0.2) is 17.9 Å². The Morgan fingerprint density at radius 3 is 0.816 bits per heavy atom. The van der Waals surface area contributed by atoms with E-state index in [9.17, 15) is 18.9 Å². The van der Waals surface area contributed by atoms with E-state index in [-0.39, 0.29) is 16.7 Å². The molecule has 0 N–H and O–H groups in total. The smallest absolute Gasteiger partial charge is 0.348 e. The zero-order chi connectivity index (χ0) is 28.5. The molecule has 3 rings (SSSR count). The fourth-order valence-electron chi connectivity index (χ4n) is 5.00. The molecule has 0 aliphatic carbocycles. The third-order valence-corrected chi connectivity index (χ3v) is 7.40. The van der Waals surface area contributed by atoms with Gasteiger partial charge in [-0.15, -0.1) is 0 Å². The number of hydrogen-bond acceptors (Lipinski definition) is 7. The molecule has 0 saturated heterocycles. The molecule has 0 amide bonds. The van der Waals surface area contributed by atoms with Crippen LogP contribution in [-0.2, 0) is 18.1 Å². The van der Waals surface area contributed by atoms with Gasteiger partial charge < -0.3 is 13.6 Å². The van der Waals surface area contributed by atoms with Crippen molar-refractivity contribution in [3.8, 4) is 0 Å². The van der Waals surface area contributed by atoms with Gasteiger partial charge in [0.25, 0.3) is 0 Å². The van der Waals surface area contributed by atoms with Gasteiger partial charge in [-0.2, -0.15) is 4.57 Å². The number of rotatable bonds is 6. The second-order valence-corrected chi connectivity index (χ2v) is 11.3. The summed E-state index contributed by atoms with van der Waals surface area (Å²) in [4.78, 5) is 39.7. The summed E-state index contributed by atoms with van der Waals surface area (Å²) in [6, 6.07) is 10.6. The van der Waals surface area contributed by atoms with E-state index in [0.717, 1.165) is 16.7 Å². The Morgan fingerprint density at radius 1 is 0.447 bits per heavy atom. The highest BCUT2D eigenvalue weighted by Gasteiger charge is 2.42. The summed E-state index contributed by atoms with van der Waals surface area (Å²) >= 11 is 0. The van der Waals surface area contributed by atoms with Gasteiger partial charge in [0.05, 0.1) is 16.7 Å². The molecule has 3 aromatic carbocycles. The molecular weight excluding hydrogens is 503 g/mol. The third-order valence-electron chi connectivity index (χ3n) is 6.23. The predicted molar refractivity (Wildman–Crippen MR) is 146 cm³/mol. The number of hydrogen-bond donors (Lipinski definition) is 0. The Labute approximate surface area is 223 Å². The zero-order valence-corrected chi connectivity index (χ0v) is 24.2. The Morgan fingerprint density at radius 2 is 0.632 bits per heavy atom. The van der Waals surface area contributed by atoms with Crippen LogP contribution in [0.15, 0.2) is 36.4 Å². The number of benzene rings is 3. The Kier molecular flexibility index (Phi) is 8.33. The van der Waals surface area contributed by atoms with E-state index in [4.69, 9.17) is 13.6 Å². The standard InChI is InChI=1S/C30H33O7P/c1-16-10-19(4)25(20(5)11-16)28(31)35-38(34,36-29(32)26-21(6)12-17(2)13-22(26)7)37-30(33)27-23(8)14-18(3)15-24(27)9/h10-15H,1-9H3. The summed E-state index contributed by atoms with van der Waals surface area (Å²) in [7, 11) is -5.09. The number of carbonyl (C=O) groups excluding carboxylic acids is 3. The van der Waals surface area contributed by atoms with Crippen molar-refractivity contribution in [1.82, 2.24) is 0 Å². The Balaban J connectivity index is 2.05. The topological polar surface area (TPSA) is 96.0 Å². The van der Waals surface area contributed by atoms with Crippen molar-refractivity contribution in [3.05, 3.63) is 103 Å². The van der Waals surface area contributed by atoms with E-state index in [2.05, 4.69) is 0 Å². The highest BCUT2D eigenvalue weighted by atomic mass is 31.2. The first-order valence-corrected chi connectivity index (χ1v) is 13.6. The number of phosphoric acid groups is 1. The highest BCUT2D eigenvalue weighted by molar-refractivity contribution is 7.50. The molecule has 0 aromatic heterocycles. The maximum absolute atomic E-state index is 13.9. The zero-order valence-electron chi connectivity index (χ0n) is 23.3. The van der Waals surface area contributed by atoms with Crippen molar-refractivity contribution < 1.29 is 32.5 Å². The van der Waals surface area contributed by atoms with E-state index >= 15 is 0 Å². The first kappa shape index (κ1) is 28.9. The second-order valence-electron chi connectivity index (χ2n) is 9.90. The van der Waals surface area contributed by atoms with E-state index in [1.54, 1.807) is 77.9 Å². The van der Waals surface area contributed by atoms with Gasteiger partial charge in [-0.05, 0) is 95.7 Å². The Hall–Kier alpha value is -3.70. The van der Waals surface area contributed by atoms with Crippen molar-refractivity contribution in [3.63, 3.8) is 0 Å². The van der Waals surface area contributed by atoms with Crippen molar-refractivity contribution >= 4 is 25.7 Å². The van der Waals surface area contributed by atoms with Gasteiger partial charge in [0, 0.05) is 0 Å². The van der Waals surface area contributed by atoms with Crippen LogP contribution >= 0.6 is 7.82 Å². The van der Waals surface area contributed by atoms with Gasteiger partial charge in [0.15, 0.2) is 0 Å². The number of aryl methyl sites for hydroxylation is 9. The van der Waals surface area contributed by atoms with E-state index in [1.807, 2.05) is 20.8 Å². The van der Waals surface area contributed by atoms with Crippen LogP contribution in [0.4, 0.5) is 0 Å². The number of phosphoric ester groups is 1. The van der Waals surface area contributed by atoms with Crippen LogP contribution in [0.3, 0.4) is 0 Å². The minimum Gasteiger partial charge on any atom is -0.348 e. The van der Waals surface area contributed by atoms with E-state index < -0.39 is 25.7 Å².